The normalized spacial score (nSPS) is 38.8. The van der Waals surface area contributed by atoms with E-state index in [9.17, 15) is 9.59 Å². The van der Waals surface area contributed by atoms with Crippen LogP contribution in [0.4, 0.5) is 0 Å². The Balaban J connectivity index is 1.82. The number of hydrogen-bond donors (Lipinski definition) is 1. The molecule has 1 aliphatic carbocycles. The fraction of sp³-hybridized carbons (Fsp3) is 0.867. The Morgan fingerprint density at radius 2 is 2.05 bits per heavy atom. The van der Waals surface area contributed by atoms with Crippen molar-refractivity contribution in [2.45, 2.75) is 70.2 Å². The minimum atomic E-state index is -0.298. The topological polar surface area (TPSA) is 58.6 Å². The average molecular weight is 280 g/mol. The summed E-state index contributed by atoms with van der Waals surface area (Å²) in [7, 11) is 0. The molecule has 112 valence electrons. The Hall–Kier alpha value is -1.10. The molecule has 5 heteroatoms. The molecule has 0 spiro atoms. The molecule has 0 bridgehead atoms. The Labute approximate surface area is 120 Å². The second kappa shape index (κ2) is 5.35. The zero-order valence-corrected chi connectivity index (χ0v) is 12.3. The van der Waals surface area contributed by atoms with Crippen LogP contribution in [0.5, 0.6) is 0 Å². The van der Waals surface area contributed by atoms with Crippen LogP contribution in [0, 0.1) is 5.92 Å². The molecule has 3 rings (SSSR count). The molecule has 3 aliphatic rings. The number of ether oxygens (including phenoxy) is 1. The van der Waals surface area contributed by atoms with Gasteiger partial charge in [0.05, 0.1) is 6.10 Å². The molecule has 4 atom stereocenters. The number of nitrogens with one attached hydrogen (secondary N) is 1. The van der Waals surface area contributed by atoms with Gasteiger partial charge in [0.15, 0.2) is 0 Å². The van der Waals surface area contributed by atoms with Gasteiger partial charge in [-0.1, -0.05) is 6.92 Å². The van der Waals surface area contributed by atoms with E-state index >= 15 is 0 Å². The lowest BCUT2D eigenvalue weighted by Gasteiger charge is -2.45. The van der Waals surface area contributed by atoms with Gasteiger partial charge in [0.25, 0.3) is 0 Å². The van der Waals surface area contributed by atoms with Gasteiger partial charge in [0.1, 0.15) is 12.1 Å². The van der Waals surface area contributed by atoms with E-state index in [1.54, 1.807) is 0 Å². The molecule has 5 nitrogen and oxygen atoms in total. The van der Waals surface area contributed by atoms with Gasteiger partial charge >= 0.3 is 0 Å². The summed E-state index contributed by atoms with van der Waals surface area (Å²) in [6.45, 7) is 4.70. The second-order valence-corrected chi connectivity index (χ2v) is 6.35. The average Bonchev–Trinajstić information content (AvgIpc) is 3.24. The molecule has 1 N–H and O–H groups in total. The van der Waals surface area contributed by atoms with Gasteiger partial charge < -0.3 is 15.0 Å². The van der Waals surface area contributed by atoms with Crippen molar-refractivity contribution in [3.63, 3.8) is 0 Å². The number of piperazine rings is 1. The van der Waals surface area contributed by atoms with E-state index in [0.717, 1.165) is 25.7 Å². The first-order chi connectivity index (χ1) is 9.61. The Morgan fingerprint density at radius 3 is 2.65 bits per heavy atom. The SMILES string of the molecule is CCC1C(=O)NC(C2CC2)C(=O)N1C1CCOC(C)C1. The molecule has 0 aromatic heterocycles. The van der Waals surface area contributed by atoms with E-state index in [0.29, 0.717) is 18.9 Å². The van der Waals surface area contributed by atoms with Crippen LogP contribution in [0.1, 0.15) is 46.0 Å². The van der Waals surface area contributed by atoms with E-state index < -0.39 is 0 Å². The van der Waals surface area contributed by atoms with Crippen molar-refractivity contribution in [2.24, 2.45) is 5.92 Å². The lowest BCUT2D eigenvalue weighted by Crippen LogP contribution is -2.66. The smallest absolute Gasteiger partial charge is 0.246 e. The third kappa shape index (κ3) is 2.43. The zero-order chi connectivity index (χ0) is 14.3. The van der Waals surface area contributed by atoms with Crippen molar-refractivity contribution in [1.82, 2.24) is 10.2 Å². The maximum atomic E-state index is 12.8. The highest BCUT2D eigenvalue weighted by Crippen LogP contribution is 2.36. The summed E-state index contributed by atoms with van der Waals surface area (Å²) < 4.78 is 5.58. The highest BCUT2D eigenvalue weighted by Gasteiger charge is 2.48. The van der Waals surface area contributed by atoms with E-state index in [1.807, 2.05) is 18.7 Å². The summed E-state index contributed by atoms with van der Waals surface area (Å²) in [4.78, 5) is 27.0. The number of nitrogens with zero attached hydrogens (tertiary/aromatic N) is 1. The van der Waals surface area contributed by atoms with Crippen LogP contribution in [0.2, 0.25) is 0 Å². The van der Waals surface area contributed by atoms with Crippen molar-refractivity contribution in [1.29, 1.82) is 0 Å². The third-order valence-electron chi connectivity index (χ3n) is 4.79. The second-order valence-electron chi connectivity index (χ2n) is 6.35. The lowest BCUT2D eigenvalue weighted by atomic mass is 9.94. The van der Waals surface area contributed by atoms with Crippen molar-refractivity contribution in [2.75, 3.05) is 6.61 Å². The van der Waals surface area contributed by atoms with Gasteiger partial charge in [0.2, 0.25) is 11.8 Å². The molecule has 0 aromatic rings. The maximum Gasteiger partial charge on any atom is 0.246 e. The van der Waals surface area contributed by atoms with Crippen molar-refractivity contribution >= 4 is 11.8 Å². The number of carbonyl (C=O) groups excluding carboxylic acids is 2. The van der Waals surface area contributed by atoms with E-state index in [1.165, 1.54) is 0 Å². The molecule has 2 saturated heterocycles. The van der Waals surface area contributed by atoms with Crippen LogP contribution in [0.3, 0.4) is 0 Å². The van der Waals surface area contributed by atoms with Crippen molar-refractivity contribution in [3.8, 4) is 0 Å². The first-order valence-electron chi connectivity index (χ1n) is 7.86. The predicted octanol–water partition coefficient (Wildman–Crippen LogP) is 1.07. The maximum absolute atomic E-state index is 12.8. The third-order valence-corrected chi connectivity index (χ3v) is 4.79. The molecule has 1 saturated carbocycles. The van der Waals surface area contributed by atoms with Crippen LogP contribution in [0.25, 0.3) is 0 Å². The number of amides is 2. The van der Waals surface area contributed by atoms with Crippen LogP contribution < -0.4 is 5.32 Å². The quantitative estimate of drug-likeness (QED) is 0.841. The molecular formula is C15H24N2O3. The standard InChI is InChI=1S/C15H24N2O3/c1-3-12-14(18)16-13(10-4-5-10)15(19)17(12)11-6-7-20-9(2)8-11/h9-13H,3-8H2,1-2H3,(H,16,18). The summed E-state index contributed by atoms with van der Waals surface area (Å²) in [6.07, 6.45) is 4.66. The summed E-state index contributed by atoms with van der Waals surface area (Å²) in [6, 6.07) is -0.417. The summed E-state index contributed by atoms with van der Waals surface area (Å²) in [5, 5.41) is 2.95. The number of rotatable bonds is 3. The van der Waals surface area contributed by atoms with Crippen molar-refractivity contribution in [3.05, 3.63) is 0 Å². The highest BCUT2D eigenvalue weighted by molar-refractivity contribution is 5.97. The van der Waals surface area contributed by atoms with E-state index in [2.05, 4.69) is 5.32 Å². The van der Waals surface area contributed by atoms with Crippen LogP contribution in [-0.2, 0) is 14.3 Å². The number of hydrogen-bond acceptors (Lipinski definition) is 3. The minimum absolute atomic E-state index is 0.0307. The van der Waals surface area contributed by atoms with E-state index in [4.69, 9.17) is 4.74 Å². The first kappa shape index (κ1) is 13.9. The Bertz CT molecular complexity index is 408. The molecule has 3 fully saturated rings. The zero-order valence-electron chi connectivity index (χ0n) is 12.3. The highest BCUT2D eigenvalue weighted by atomic mass is 16.5. The summed E-state index contributed by atoms with van der Waals surface area (Å²) in [5.74, 6) is 0.533. The molecule has 0 aromatic carbocycles. The fourth-order valence-electron chi connectivity index (χ4n) is 3.54. The molecule has 0 radical (unpaired) electrons. The van der Waals surface area contributed by atoms with Gasteiger partial charge in [0, 0.05) is 12.6 Å². The van der Waals surface area contributed by atoms with Crippen LogP contribution in [-0.4, -0.2) is 47.6 Å². The molecular weight excluding hydrogens is 256 g/mol. The van der Waals surface area contributed by atoms with Gasteiger partial charge in [-0.25, -0.2) is 0 Å². The molecule has 2 amide bonds. The molecule has 2 aliphatic heterocycles. The lowest BCUT2D eigenvalue weighted by molar-refractivity contribution is -0.156. The molecule has 20 heavy (non-hydrogen) atoms. The van der Waals surface area contributed by atoms with Crippen LogP contribution in [0.15, 0.2) is 0 Å². The number of carbonyl (C=O) groups is 2. The summed E-state index contributed by atoms with van der Waals surface area (Å²) in [5.41, 5.74) is 0. The minimum Gasteiger partial charge on any atom is -0.378 e. The van der Waals surface area contributed by atoms with E-state index in [-0.39, 0.29) is 36.0 Å². The monoisotopic (exact) mass is 280 g/mol. The Morgan fingerprint density at radius 1 is 1.30 bits per heavy atom. The Kier molecular flexibility index (Phi) is 3.71. The summed E-state index contributed by atoms with van der Waals surface area (Å²) >= 11 is 0. The fourth-order valence-corrected chi connectivity index (χ4v) is 3.54. The largest absolute Gasteiger partial charge is 0.378 e. The molecule has 2 heterocycles. The van der Waals surface area contributed by atoms with Gasteiger partial charge in [-0.3, -0.25) is 9.59 Å². The first-order valence-corrected chi connectivity index (χ1v) is 7.86. The van der Waals surface area contributed by atoms with Crippen LogP contribution >= 0.6 is 0 Å². The van der Waals surface area contributed by atoms with Crippen molar-refractivity contribution < 1.29 is 14.3 Å². The molecule has 4 unspecified atom stereocenters. The van der Waals surface area contributed by atoms with Gasteiger partial charge in [-0.15, -0.1) is 0 Å². The predicted molar refractivity (Wildman–Crippen MR) is 74.0 cm³/mol. The van der Waals surface area contributed by atoms with Gasteiger partial charge in [-0.2, -0.15) is 0 Å². The van der Waals surface area contributed by atoms with Gasteiger partial charge in [-0.05, 0) is 44.9 Å².